The third kappa shape index (κ3) is 3.83. The molecule has 2 amide bonds. The predicted octanol–water partition coefficient (Wildman–Crippen LogP) is 3.09. The van der Waals surface area contributed by atoms with Gasteiger partial charge in [0.15, 0.2) is 5.60 Å². The van der Waals surface area contributed by atoms with Crippen molar-refractivity contribution in [2.75, 3.05) is 16.8 Å². The quantitative estimate of drug-likeness (QED) is 0.828. The lowest BCUT2D eigenvalue weighted by atomic mass is 10.0. The van der Waals surface area contributed by atoms with Crippen molar-refractivity contribution in [1.82, 2.24) is 0 Å². The summed E-state index contributed by atoms with van der Waals surface area (Å²) in [5, 5.41) is 12.0. The van der Waals surface area contributed by atoms with Crippen molar-refractivity contribution in [3.63, 3.8) is 0 Å². The van der Waals surface area contributed by atoms with Crippen LogP contribution < -0.4 is 15.0 Å². The molecule has 7 nitrogen and oxygen atoms in total. The summed E-state index contributed by atoms with van der Waals surface area (Å²) < 4.78 is 5.71. The average molecular weight is 382 g/mol. The number of nitrogens with one attached hydrogen (secondary N) is 1. The standard InChI is InChI=1S/C21H22N2O5/c1-4-13-5-8-15(9-6-13)22-18(24)12-23-16-11-14(19(25)26)7-10-17(16)28-21(2,3)20(23)27/h5-11H,4,12H2,1-3H3,(H,22,24)(H,25,26). The van der Waals surface area contributed by atoms with Gasteiger partial charge in [-0.05, 0) is 56.2 Å². The van der Waals surface area contributed by atoms with Crippen LogP contribution >= 0.6 is 0 Å². The van der Waals surface area contributed by atoms with Gasteiger partial charge in [0.1, 0.15) is 12.3 Å². The SMILES string of the molecule is CCc1ccc(NC(=O)CN2C(=O)C(C)(C)Oc3ccc(C(=O)O)cc32)cc1. The van der Waals surface area contributed by atoms with Gasteiger partial charge in [-0.1, -0.05) is 19.1 Å². The average Bonchev–Trinajstić information content (AvgIpc) is 2.65. The minimum Gasteiger partial charge on any atom is -0.478 e. The number of carboxylic acid groups (broad SMARTS) is 1. The van der Waals surface area contributed by atoms with Gasteiger partial charge in [0, 0.05) is 5.69 Å². The molecule has 2 N–H and O–H groups in total. The van der Waals surface area contributed by atoms with Crippen molar-refractivity contribution in [2.24, 2.45) is 0 Å². The molecule has 0 radical (unpaired) electrons. The number of carbonyl (C=O) groups excluding carboxylic acids is 2. The fourth-order valence-corrected chi connectivity index (χ4v) is 3.03. The zero-order valence-electron chi connectivity index (χ0n) is 16.0. The first-order valence-corrected chi connectivity index (χ1v) is 8.98. The van der Waals surface area contributed by atoms with Crippen LogP contribution in [0.4, 0.5) is 11.4 Å². The Morgan fingerprint density at radius 2 is 1.82 bits per heavy atom. The van der Waals surface area contributed by atoms with Gasteiger partial charge in [0.2, 0.25) is 5.91 Å². The molecule has 0 unspecified atom stereocenters. The molecule has 1 aliphatic rings. The molecule has 7 heteroatoms. The summed E-state index contributed by atoms with van der Waals surface area (Å²) in [7, 11) is 0. The normalized spacial score (nSPS) is 14.8. The number of fused-ring (bicyclic) bond motifs is 1. The van der Waals surface area contributed by atoms with E-state index in [-0.39, 0.29) is 23.7 Å². The number of aromatic carboxylic acids is 1. The maximum atomic E-state index is 12.8. The van der Waals surface area contributed by atoms with E-state index in [4.69, 9.17) is 4.74 Å². The van der Waals surface area contributed by atoms with Crippen molar-refractivity contribution in [3.05, 3.63) is 53.6 Å². The Morgan fingerprint density at radius 3 is 2.43 bits per heavy atom. The van der Waals surface area contributed by atoms with E-state index in [1.807, 2.05) is 19.1 Å². The van der Waals surface area contributed by atoms with E-state index in [1.54, 1.807) is 26.0 Å². The topological polar surface area (TPSA) is 95.9 Å². The zero-order valence-corrected chi connectivity index (χ0v) is 16.0. The number of benzene rings is 2. The molecule has 0 saturated carbocycles. The molecule has 2 aromatic carbocycles. The lowest BCUT2D eigenvalue weighted by molar-refractivity contribution is -0.133. The second-order valence-corrected chi connectivity index (χ2v) is 7.09. The highest BCUT2D eigenvalue weighted by atomic mass is 16.5. The number of anilines is 2. The zero-order chi connectivity index (χ0) is 20.5. The molecule has 0 aliphatic carbocycles. The summed E-state index contributed by atoms with van der Waals surface area (Å²) >= 11 is 0. The summed E-state index contributed by atoms with van der Waals surface area (Å²) in [5.41, 5.74) is 0.886. The Balaban J connectivity index is 1.86. The van der Waals surface area contributed by atoms with Crippen molar-refractivity contribution < 1.29 is 24.2 Å². The van der Waals surface area contributed by atoms with Gasteiger partial charge in [-0.3, -0.25) is 14.5 Å². The number of ether oxygens (including phenoxy) is 1. The molecule has 28 heavy (non-hydrogen) atoms. The van der Waals surface area contributed by atoms with Gasteiger partial charge in [0.25, 0.3) is 5.91 Å². The van der Waals surface area contributed by atoms with E-state index in [0.717, 1.165) is 12.0 Å². The first kappa shape index (κ1) is 19.4. The number of amides is 2. The van der Waals surface area contributed by atoms with E-state index >= 15 is 0 Å². The summed E-state index contributed by atoms with van der Waals surface area (Å²) in [6.45, 7) is 5.01. The molecular formula is C21H22N2O5. The molecule has 0 aromatic heterocycles. The lowest BCUT2D eigenvalue weighted by Crippen LogP contribution is -2.54. The van der Waals surface area contributed by atoms with Gasteiger partial charge >= 0.3 is 5.97 Å². The van der Waals surface area contributed by atoms with Gasteiger partial charge in [-0.2, -0.15) is 0 Å². The number of nitrogens with zero attached hydrogens (tertiary/aromatic N) is 1. The van der Waals surface area contributed by atoms with Crippen LogP contribution in [0.1, 0.15) is 36.7 Å². The van der Waals surface area contributed by atoms with Crippen LogP contribution in [0.5, 0.6) is 5.75 Å². The Morgan fingerprint density at radius 1 is 1.14 bits per heavy atom. The Hall–Kier alpha value is -3.35. The number of hydrogen-bond donors (Lipinski definition) is 2. The van der Waals surface area contributed by atoms with Crippen LogP contribution in [0, 0.1) is 0 Å². The predicted molar refractivity (Wildman–Crippen MR) is 105 cm³/mol. The Labute approximate surface area is 162 Å². The third-order valence-corrected chi connectivity index (χ3v) is 4.57. The molecule has 0 atom stereocenters. The third-order valence-electron chi connectivity index (χ3n) is 4.57. The van der Waals surface area contributed by atoms with Crippen molar-refractivity contribution in [1.29, 1.82) is 0 Å². The number of hydrogen-bond acceptors (Lipinski definition) is 4. The van der Waals surface area contributed by atoms with Crippen LogP contribution in [0.3, 0.4) is 0 Å². The largest absolute Gasteiger partial charge is 0.478 e. The minimum atomic E-state index is -1.17. The summed E-state index contributed by atoms with van der Waals surface area (Å²) in [5.74, 6) is -1.57. The first-order valence-electron chi connectivity index (χ1n) is 8.98. The molecule has 146 valence electrons. The summed E-state index contributed by atoms with van der Waals surface area (Å²) in [6, 6.07) is 11.7. The molecule has 0 spiro atoms. The highest BCUT2D eigenvalue weighted by Gasteiger charge is 2.41. The lowest BCUT2D eigenvalue weighted by Gasteiger charge is -2.38. The first-order chi connectivity index (χ1) is 13.2. The molecule has 0 saturated heterocycles. The number of rotatable bonds is 5. The molecule has 1 aliphatic heterocycles. The van der Waals surface area contributed by atoms with Crippen LogP contribution in [0.25, 0.3) is 0 Å². The van der Waals surface area contributed by atoms with Crippen molar-refractivity contribution in [2.45, 2.75) is 32.8 Å². The van der Waals surface area contributed by atoms with E-state index in [1.165, 1.54) is 23.1 Å². The Bertz CT molecular complexity index is 934. The van der Waals surface area contributed by atoms with Crippen LogP contribution in [0.15, 0.2) is 42.5 Å². The molecular weight excluding hydrogens is 360 g/mol. The van der Waals surface area contributed by atoms with Crippen molar-refractivity contribution in [3.8, 4) is 5.75 Å². The van der Waals surface area contributed by atoms with Crippen LogP contribution in [-0.4, -0.2) is 35.0 Å². The Kier molecular flexibility index (Phi) is 5.09. The molecule has 3 rings (SSSR count). The number of carbonyl (C=O) groups is 3. The van der Waals surface area contributed by atoms with E-state index < -0.39 is 17.5 Å². The van der Waals surface area contributed by atoms with Gasteiger partial charge in [-0.25, -0.2) is 4.79 Å². The van der Waals surface area contributed by atoms with Gasteiger partial charge in [0.05, 0.1) is 11.3 Å². The smallest absolute Gasteiger partial charge is 0.335 e. The number of aryl methyl sites for hydroxylation is 1. The summed E-state index contributed by atoms with van der Waals surface area (Å²) in [4.78, 5) is 38.0. The van der Waals surface area contributed by atoms with Crippen LogP contribution in [0.2, 0.25) is 0 Å². The number of carboxylic acids is 1. The van der Waals surface area contributed by atoms with E-state index in [2.05, 4.69) is 5.32 Å². The monoisotopic (exact) mass is 382 g/mol. The molecule has 0 fully saturated rings. The molecule has 0 bridgehead atoms. The fraction of sp³-hybridized carbons (Fsp3) is 0.286. The van der Waals surface area contributed by atoms with Gasteiger partial charge < -0.3 is 15.2 Å². The maximum absolute atomic E-state index is 12.8. The molecule has 1 heterocycles. The second-order valence-electron chi connectivity index (χ2n) is 7.09. The van der Waals surface area contributed by atoms with E-state index in [9.17, 15) is 19.5 Å². The highest BCUT2D eigenvalue weighted by molar-refractivity contribution is 6.08. The van der Waals surface area contributed by atoms with E-state index in [0.29, 0.717) is 11.4 Å². The highest BCUT2D eigenvalue weighted by Crippen LogP contribution is 2.38. The van der Waals surface area contributed by atoms with Gasteiger partial charge in [-0.15, -0.1) is 0 Å². The fourth-order valence-electron chi connectivity index (χ4n) is 3.03. The second kappa shape index (κ2) is 7.34. The van der Waals surface area contributed by atoms with Crippen LogP contribution in [-0.2, 0) is 16.0 Å². The minimum absolute atomic E-state index is 0.00965. The maximum Gasteiger partial charge on any atom is 0.335 e. The van der Waals surface area contributed by atoms with Crippen molar-refractivity contribution >= 4 is 29.2 Å². The molecule has 2 aromatic rings. The summed E-state index contributed by atoms with van der Waals surface area (Å²) in [6.07, 6.45) is 0.897.